The Morgan fingerprint density at radius 3 is 2.33 bits per heavy atom. The fourth-order valence-corrected chi connectivity index (χ4v) is 2.04. The van der Waals surface area contributed by atoms with Crippen molar-refractivity contribution < 1.29 is 14.6 Å². The lowest BCUT2D eigenvalue weighted by atomic mass is 10.0. The molecule has 0 aliphatic rings. The van der Waals surface area contributed by atoms with E-state index in [2.05, 4.69) is 22.6 Å². The molecule has 0 bridgehead atoms. The molecule has 0 aromatic heterocycles. The highest BCUT2D eigenvalue weighted by atomic mass is 127. The summed E-state index contributed by atoms with van der Waals surface area (Å²) in [7, 11) is 3.22. The highest BCUT2D eigenvalue weighted by Crippen LogP contribution is 2.22. The minimum Gasteiger partial charge on any atom is -0.392 e. The molecule has 4 heteroatoms. The maximum Gasteiger partial charge on any atom is 0.183 e. The number of allylic oxidation sites excluding steroid dienone is 2. The van der Waals surface area contributed by atoms with Gasteiger partial charge in [0.25, 0.3) is 0 Å². The third-order valence-electron chi connectivity index (χ3n) is 2.50. The largest absolute Gasteiger partial charge is 0.392 e. The van der Waals surface area contributed by atoms with Gasteiger partial charge in [0.15, 0.2) is 6.29 Å². The molecule has 0 saturated heterocycles. The molecule has 1 rings (SSSR count). The lowest BCUT2D eigenvalue weighted by Crippen LogP contribution is -2.03. The first-order valence-electron chi connectivity index (χ1n) is 5.50. The smallest absolute Gasteiger partial charge is 0.183 e. The van der Waals surface area contributed by atoms with E-state index in [-0.39, 0.29) is 12.9 Å². The summed E-state index contributed by atoms with van der Waals surface area (Å²) in [5.41, 5.74) is 3.00. The Kier molecular flexibility index (Phi) is 7.19. The fraction of sp³-hybridized carbons (Fsp3) is 0.286. The van der Waals surface area contributed by atoms with Crippen LogP contribution in [0, 0.1) is 0 Å². The summed E-state index contributed by atoms with van der Waals surface area (Å²) in [6.45, 7) is 0.0246. The molecule has 0 unspecified atom stereocenters. The molecular formula is C14H17IO3. The van der Waals surface area contributed by atoms with Crippen LogP contribution >= 0.6 is 22.6 Å². The summed E-state index contributed by atoms with van der Waals surface area (Å²) >= 11 is 2.16. The third kappa shape index (κ3) is 4.20. The topological polar surface area (TPSA) is 38.7 Å². The van der Waals surface area contributed by atoms with Crippen molar-refractivity contribution in [2.45, 2.75) is 6.29 Å². The third-order valence-corrected chi connectivity index (χ3v) is 2.86. The molecule has 1 aromatic rings. The lowest BCUT2D eigenvalue weighted by Gasteiger charge is -2.14. The van der Waals surface area contributed by atoms with Crippen molar-refractivity contribution in [3.63, 3.8) is 0 Å². The average Bonchev–Trinajstić information content (AvgIpc) is 2.41. The first-order chi connectivity index (χ1) is 8.76. The number of halogens is 1. The van der Waals surface area contributed by atoms with E-state index in [1.165, 1.54) is 0 Å². The number of benzene rings is 1. The first-order valence-corrected chi connectivity index (χ1v) is 6.75. The minimum absolute atomic E-state index is 0.0246. The van der Waals surface area contributed by atoms with Gasteiger partial charge in [-0.15, -0.1) is 0 Å². The summed E-state index contributed by atoms with van der Waals surface area (Å²) in [6, 6.07) is 7.88. The van der Waals surface area contributed by atoms with Crippen molar-refractivity contribution in [1.82, 2.24) is 0 Å². The maximum absolute atomic E-state index is 8.99. The van der Waals surface area contributed by atoms with Crippen molar-refractivity contribution in [2.75, 3.05) is 20.8 Å². The van der Waals surface area contributed by atoms with Crippen LogP contribution in [0.3, 0.4) is 0 Å². The second-order valence-electron chi connectivity index (χ2n) is 3.56. The number of ether oxygens (including phenoxy) is 2. The summed E-state index contributed by atoms with van der Waals surface area (Å²) in [4.78, 5) is 0. The number of rotatable bonds is 6. The van der Waals surface area contributed by atoms with Crippen LogP contribution in [0.2, 0.25) is 0 Å². The highest BCUT2D eigenvalue weighted by Gasteiger charge is 2.08. The van der Waals surface area contributed by atoms with Gasteiger partial charge in [0, 0.05) is 19.8 Å². The van der Waals surface area contributed by atoms with Crippen LogP contribution in [0.25, 0.3) is 5.57 Å². The minimum atomic E-state index is -0.343. The van der Waals surface area contributed by atoms with Crippen LogP contribution in [0.4, 0.5) is 0 Å². The molecular weight excluding hydrogens is 343 g/mol. The van der Waals surface area contributed by atoms with E-state index in [1.807, 2.05) is 34.4 Å². The predicted octanol–water partition coefficient (Wildman–Crippen LogP) is 3.30. The first kappa shape index (κ1) is 15.4. The Bertz CT molecular complexity index is 406. The molecule has 0 aliphatic carbocycles. The van der Waals surface area contributed by atoms with E-state index < -0.39 is 0 Å². The van der Waals surface area contributed by atoms with Crippen molar-refractivity contribution in [2.24, 2.45) is 0 Å². The van der Waals surface area contributed by atoms with Gasteiger partial charge in [-0.25, -0.2) is 0 Å². The molecule has 0 fully saturated rings. The second-order valence-corrected chi connectivity index (χ2v) is 4.28. The molecule has 1 aromatic carbocycles. The number of hydrogen-bond donors (Lipinski definition) is 1. The number of hydrogen-bond acceptors (Lipinski definition) is 3. The molecule has 98 valence electrons. The molecule has 1 N–H and O–H groups in total. The van der Waals surface area contributed by atoms with Crippen LogP contribution in [0.15, 0.2) is 40.5 Å². The Hall–Kier alpha value is -0.690. The molecule has 18 heavy (non-hydrogen) atoms. The summed E-state index contributed by atoms with van der Waals surface area (Å²) in [6.07, 6.45) is 3.38. The molecule has 0 saturated carbocycles. The zero-order valence-electron chi connectivity index (χ0n) is 10.5. The Morgan fingerprint density at radius 1 is 1.28 bits per heavy atom. The van der Waals surface area contributed by atoms with Gasteiger partial charge in [-0.05, 0) is 21.3 Å². The average molecular weight is 360 g/mol. The van der Waals surface area contributed by atoms with Crippen LogP contribution in [0.1, 0.15) is 17.4 Å². The zero-order chi connectivity index (χ0) is 13.4. The summed E-state index contributed by atoms with van der Waals surface area (Å²) < 4.78 is 12.3. The molecule has 0 radical (unpaired) electrons. The number of aliphatic hydroxyl groups is 1. The Balaban J connectivity index is 2.97. The van der Waals surface area contributed by atoms with Crippen molar-refractivity contribution in [3.05, 3.63) is 51.6 Å². The number of methoxy groups -OCH3 is 2. The Labute approximate surface area is 121 Å². The van der Waals surface area contributed by atoms with E-state index in [0.29, 0.717) is 0 Å². The van der Waals surface area contributed by atoms with E-state index in [1.54, 1.807) is 20.3 Å². The number of aliphatic hydroxyl groups excluding tert-OH is 1. The van der Waals surface area contributed by atoms with Crippen LogP contribution < -0.4 is 0 Å². The summed E-state index contributed by atoms with van der Waals surface area (Å²) in [5.74, 6) is 0. The van der Waals surface area contributed by atoms with E-state index in [4.69, 9.17) is 14.6 Å². The van der Waals surface area contributed by atoms with Gasteiger partial charge in [-0.1, -0.05) is 52.9 Å². The monoisotopic (exact) mass is 360 g/mol. The van der Waals surface area contributed by atoms with Gasteiger partial charge in [-0.3, -0.25) is 0 Å². The van der Waals surface area contributed by atoms with Gasteiger partial charge in [0.05, 0.1) is 6.61 Å². The van der Waals surface area contributed by atoms with Gasteiger partial charge in [-0.2, -0.15) is 0 Å². The van der Waals surface area contributed by atoms with E-state index in [0.717, 1.165) is 16.7 Å². The molecule has 3 nitrogen and oxygen atoms in total. The second kappa shape index (κ2) is 8.42. The Morgan fingerprint density at radius 2 is 1.89 bits per heavy atom. The van der Waals surface area contributed by atoms with E-state index >= 15 is 0 Å². The summed E-state index contributed by atoms with van der Waals surface area (Å²) in [5, 5.41) is 8.99. The maximum atomic E-state index is 8.99. The predicted molar refractivity (Wildman–Crippen MR) is 81.4 cm³/mol. The van der Waals surface area contributed by atoms with Gasteiger partial charge < -0.3 is 14.6 Å². The van der Waals surface area contributed by atoms with Crippen LogP contribution in [-0.4, -0.2) is 25.9 Å². The van der Waals surface area contributed by atoms with E-state index in [9.17, 15) is 0 Å². The van der Waals surface area contributed by atoms with Gasteiger partial charge in [0.1, 0.15) is 0 Å². The lowest BCUT2D eigenvalue weighted by molar-refractivity contribution is -0.106. The SMILES string of the molecule is COC(OC)c1ccc(C(/C=C\I)=C\CO)cc1. The quantitative estimate of drug-likeness (QED) is 0.481. The van der Waals surface area contributed by atoms with Crippen molar-refractivity contribution in [3.8, 4) is 0 Å². The van der Waals surface area contributed by atoms with Crippen molar-refractivity contribution in [1.29, 1.82) is 0 Å². The molecule has 0 heterocycles. The normalized spacial score (nSPS) is 12.6. The standard InChI is InChI=1S/C14H17IO3/c1-17-14(18-2)13-5-3-11(4-6-13)12(7-9-15)8-10-16/h3-9,14,16H,10H2,1-2H3/b9-7-,12-8-. The zero-order valence-corrected chi connectivity index (χ0v) is 12.6. The van der Waals surface area contributed by atoms with Crippen LogP contribution in [0.5, 0.6) is 0 Å². The van der Waals surface area contributed by atoms with Gasteiger partial charge >= 0.3 is 0 Å². The van der Waals surface area contributed by atoms with Crippen molar-refractivity contribution >= 4 is 28.2 Å². The fourth-order valence-electron chi connectivity index (χ4n) is 1.65. The molecule has 0 amide bonds. The highest BCUT2D eigenvalue weighted by molar-refractivity contribution is 14.1. The molecule has 0 aliphatic heterocycles. The molecule has 0 spiro atoms. The van der Waals surface area contributed by atoms with Crippen LogP contribution in [-0.2, 0) is 9.47 Å². The van der Waals surface area contributed by atoms with Gasteiger partial charge in [0.2, 0.25) is 0 Å². The molecule has 0 atom stereocenters.